The minimum atomic E-state index is 0.496. The summed E-state index contributed by atoms with van der Waals surface area (Å²) in [5, 5.41) is 0. The first-order valence-electron chi connectivity index (χ1n) is 7.01. The van der Waals surface area contributed by atoms with Gasteiger partial charge >= 0.3 is 0 Å². The lowest BCUT2D eigenvalue weighted by Gasteiger charge is -2.22. The molecule has 0 radical (unpaired) electrons. The van der Waals surface area contributed by atoms with E-state index in [9.17, 15) is 0 Å². The summed E-state index contributed by atoms with van der Waals surface area (Å²) in [7, 11) is 0. The lowest BCUT2D eigenvalue weighted by Crippen LogP contribution is -2.24. The van der Waals surface area contributed by atoms with Gasteiger partial charge in [0.2, 0.25) is 0 Å². The molecule has 1 aromatic heterocycles. The first kappa shape index (κ1) is 13.6. The number of rotatable bonds is 3. The highest BCUT2D eigenvalue weighted by molar-refractivity contribution is 5.20. The fraction of sp³-hybridized carbons (Fsp3) is 0.733. The maximum Gasteiger partial charge on any atom is 0.118 e. The van der Waals surface area contributed by atoms with Crippen molar-refractivity contribution in [2.45, 2.75) is 53.1 Å². The Bertz CT molecular complexity index is 395. The van der Waals surface area contributed by atoms with Gasteiger partial charge in [-0.2, -0.15) is 0 Å². The van der Waals surface area contributed by atoms with E-state index in [1.54, 1.807) is 0 Å². The molecule has 2 rings (SSSR count). The third-order valence-electron chi connectivity index (χ3n) is 4.10. The van der Waals surface area contributed by atoms with Crippen LogP contribution in [-0.4, -0.2) is 18.0 Å². The molecule has 2 N–H and O–H groups in total. The minimum Gasteiger partial charge on any atom is -0.465 e. The first-order valence-corrected chi connectivity index (χ1v) is 7.01. The number of nitrogens with zero attached hydrogens (tertiary/aromatic N) is 1. The number of hydrogen-bond donors (Lipinski definition) is 1. The topological polar surface area (TPSA) is 42.4 Å². The molecule has 1 saturated heterocycles. The Kier molecular flexibility index (Phi) is 4.13. The molecule has 0 bridgehead atoms. The molecule has 0 unspecified atom stereocenters. The van der Waals surface area contributed by atoms with E-state index in [1.807, 2.05) is 6.92 Å². The highest BCUT2D eigenvalue weighted by Crippen LogP contribution is 2.30. The predicted octanol–water partition coefficient (Wildman–Crippen LogP) is 3.06. The molecule has 0 spiro atoms. The lowest BCUT2D eigenvalue weighted by atomic mass is 9.85. The average molecular weight is 250 g/mol. The Labute approximate surface area is 110 Å². The molecular formula is C15H26N2O. The van der Waals surface area contributed by atoms with Gasteiger partial charge in [0.05, 0.1) is 6.54 Å². The van der Waals surface area contributed by atoms with Gasteiger partial charge in [0.1, 0.15) is 11.5 Å². The fourth-order valence-electron chi connectivity index (χ4n) is 2.73. The van der Waals surface area contributed by atoms with Crippen molar-refractivity contribution in [1.82, 2.24) is 4.90 Å². The molecule has 1 aromatic rings. The van der Waals surface area contributed by atoms with Crippen LogP contribution in [0.1, 0.15) is 50.2 Å². The van der Waals surface area contributed by atoms with E-state index < -0.39 is 0 Å². The van der Waals surface area contributed by atoms with Crippen molar-refractivity contribution >= 4 is 0 Å². The van der Waals surface area contributed by atoms with Gasteiger partial charge in [-0.3, -0.25) is 4.90 Å². The summed E-state index contributed by atoms with van der Waals surface area (Å²) in [4.78, 5) is 2.51. The Morgan fingerprint density at radius 1 is 1.33 bits per heavy atom. The van der Waals surface area contributed by atoms with Crippen molar-refractivity contribution in [2.75, 3.05) is 13.1 Å². The van der Waals surface area contributed by atoms with Crippen LogP contribution in [0.25, 0.3) is 0 Å². The standard InChI is InChI=1S/C15H26N2O/c1-12-13(10-16)9-14(18-12)11-17-7-4-5-15(2,3)6-8-17/h9H,4-8,10-11,16H2,1-3H3. The molecule has 3 heteroatoms. The minimum absolute atomic E-state index is 0.496. The van der Waals surface area contributed by atoms with Crippen molar-refractivity contribution in [1.29, 1.82) is 0 Å². The summed E-state index contributed by atoms with van der Waals surface area (Å²) in [6.07, 6.45) is 3.89. The molecule has 0 atom stereocenters. The van der Waals surface area contributed by atoms with E-state index in [0.29, 0.717) is 12.0 Å². The van der Waals surface area contributed by atoms with Crippen LogP contribution in [0.4, 0.5) is 0 Å². The molecule has 3 nitrogen and oxygen atoms in total. The number of likely N-dealkylation sites (tertiary alicyclic amines) is 1. The summed E-state index contributed by atoms with van der Waals surface area (Å²) in [6.45, 7) is 10.6. The maximum atomic E-state index is 5.78. The third kappa shape index (κ3) is 3.36. The zero-order valence-corrected chi connectivity index (χ0v) is 12.0. The van der Waals surface area contributed by atoms with Crippen LogP contribution in [-0.2, 0) is 13.1 Å². The molecule has 18 heavy (non-hydrogen) atoms. The van der Waals surface area contributed by atoms with Crippen LogP contribution in [0.5, 0.6) is 0 Å². The second-order valence-corrected chi connectivity index (χ2v) is 6.29. The SMILES string of the molecule is Cc1oc(CN2CCCC(C)(C)CC2)cc1CN. The molecule has 0 saturated carbocycles. The molecule has 1 aliphatic rings. The summed E-state index contributed by atoms with van der Waals surface area (Å²) in [6, 6.07) is 2.12. The quantitative estimate of drug-likeness (QED) is 0.896. The second kappa shape index (κ2) is 5.45. The van der Waals surface area contributed by atoms with Crippen molar-refractivity contribution in [3.63, 3.8) is 0 Å². The predicted molar refractivity (Wildman–Crippen MR) is 74.2 cm³/mol. The van der Waals surface area contributed by atoms with E-state index in [0.717, 1.165) is 23.6 Å². The van der Waals surface area contributed by atoms with Gasteiger partial charge in [0.15, 0.2) is 0 Å². The van der Waals surface area contributed by atoms with Crippen LogP contribution in [0.3, 0.4) is 0 Å². The van der Waals surface area contributed by atoms with Crippen LogP contribution in [0, 0.1) is 12.3 Å². The maximum absolute atomic E-state index is 5.78. The molecule has 102 valence electrons. The molecule has 0 amide bonds. The average Bonchev–Trinajstić information content (AvgIpc) is 2.56. The van der Waals surface area contributed by atoms with Gasteiger partial charge in [-0.05, 0) is 50.8 Å². The van der Waals surface area contributed by atoms with Gasteiger partial charge < -0.3 is 10.2 Å². The van der Waals surface area contributed by atoms with Crippen molar-refractivity contribution in [3.8, 4) is 0 Å². The van der Waals surface area contributed by atoms with E-state index in [2.05, 4.69) is 24.8 Å². The van der Waals surface area contributed by atoms with Crippen LogP contribution >= 0.6 is 0 Å². The Balaban J connectivity index is 1.96. The largest absolute Gasteiger partial charge is 0.465 e. The first-order chi connectivity index (χ1) is 8.50. The van der Waals surface area contributed by atoms with E-state index >= 15 is 0 Å². The second-order valence-electron chi connectivity index (χ2n) is 6.29. The van der Waals surface area contributed by atoms with Crippen LogP contribution < -0.4 is 5.73 Å². The normalized spacial score (nSPS) is 20.9. The highest BCUT2D eigenvalue weighted by atomic mass is 16.3. The van der Waals surface area contributed by atoms with Crippen molar-refractivity contribution in [2.24, 2.45) is 11.1 Å². The summed E-state index contributed by atoms with van der Waals surface area (Å²) in [5.41, 5.74) is 7.32. The molecule has 0 aliphatic carbocycles. The van der Waals surface area contributed by atoms with Crippen LogP contribution in [0.15, 0.2) is 10.5 Å². The summed E-state index contributed by atoms with van der Waals surface area (Å²) >= 11 is 0. The lowest BCUT2D eigenvalue weighted by molar-refractivity contribution is 0.237. The van der Waals surface area contributed by atoms with Crippen molar-refractivity contribution < 1.29 is 4.42 Å². The number of hydrogen-bond acceptors (Lipinski definition) is 3. The third-order valence-corrected chi connectivity index (χ3v) is 4.10. The van der Waals surface area contributed by atoms with Gasteiger partial charge in [0.25, 0.3) is 0 Å². The van der Waals surface area contributed by atoms with Crippen LogP contribution in [0.2, 0.25) is 0 Å². The van der Waals surface area contributed by atoms with E-state index in [1.165, 1.54) is 32.4 Å². The number of nitrogens with two attached hydrogens (primary N) is 1. The number of furan rings is 1. The summed E-state index contributed by atoms with van der Waals surface area (Å²) in [5.74, 6) is 2.04. The van der Waals surface area contributed by atoms with E-state index in [-0.39, 0.29) is 0 Å². The van der Waals surface area contributed by atoms with Gasteiger partial charge in [0, 0.05) is 12.1 Å². The summed E-state index contributed by atoms with van der Waals surface area (Å²) < 4.78 is 5.78. The Morgan fingerprint density at radius 3 is 2.78 bits per heavy atom. The zero-order chi connectivity index (χ0) is 13.2. The zero-order valence-electron chi connectivity index (χ0n) is 12.0. The fourth-order valence-corrected chi connectivity index (χ4v) is 2.73. The van der Waals surface area contributed by atoms with Crippen molar-refractivity contribution in [3.05, 3.63) is 23.2 Å². The molecule has 2 heterocycles. The smallest absolute Gasteiger partial charge is 0.118 e. The van der Waals surface area contributed by atoms with Gasteiger partial charge in [-0.15, -0.1) is 0 Å². The number of aryl methyl sites for hydroxylation is 1. The van der Waals surface area contributed by atoms with Gasteiger partial charge in [-0.1, -0.05) is 13.8 Å². The Hall–Kier alpha value is -0.800. The molecule has 1 aliphatic heterocycles. The molecular weight excluding hydrogens is 224 g/mol. The van der Waals surface area contributed by atoms with Gasteiger partial charge in [-0.25, -0.2) is 0 Å². The monoisotopic (exact) mass is 250 g/mol. The molecule has 1 fully saturated rings. The highest BCUT2D eigenvalue weighted by Gasteiger charge is 2.23. The van der Waals surface area contributed by atoms with E-state index in [4.69, 9.17) is 10.2 Å². The molecule has 0 aromatic carbocycles. The Morgan fingerprint density at radius 2 is 2.11 bits per heavy atom.